The lowest BCUT2D eigenvalue weighted by Gasteiger charge is -2.22. The molecule has 0 radical (unpaired) electrons. The van der Waals surface area contributed by atoms with E-state index in [-0.39, 0.29) is 23.5 Å². The van der Waals surface area contributed by atoms with E-state index in [4.69, 9.17) is 10.5 Å². The molecule has 1 aliphatic rings. The Kier molecular flexibility index (Phi) is 3.41. The van der Waals surface area contributed by atoms with Gasteiger partial charge in [0.05, 0.1) is 4.92 Å². The molecule has 1 heterocycles. The number of nitro groups is 1. The molecule has 17 heavy (non-hydrogen) atoms. The van der Waals surface area contributed by atoms with Crippen molar-refractivity contribution in [3.63, 3.8) is 0 Å². The second kappa shape index (κ2) is 4.99. The van der Waals surface area contributed by atoms with Crippen LogP contribution in [0.1, 0.15) is 32.1 Å². The molecule has 6 heteroatoms. The third kappa shape index (κ3) is 2.83. The fourth-order valence-electron chi connectivity index (χ4n) is 2.01. The van der Waals surface area contributed by atoms with Gasteiger partial charge < -0.3 is 10.5 Å². The van der Waals surface area contributed by atoms with Gasteiger partial charge in [-0.05, 0) is 31.7 Å². The first-order valence-corrected chi connectivity index (χ1v) is 5.74. The first-order chi connectivity index (χ1) is 8.16. The monoisotopic (exact) mass is 237 g/mol. The van der Waals surface area contributed by atoms with Crippen LogP contribution in [-0.2, 0) is 0 Å². The maximum atomic E-state index is 10.8. The largest absolute Gasteiger partial charge is 0.469 e. The minimum absolute atomic E-state index is 0.0248. The fraction of sp³-hybridized carbons (Fsp3) is 0.545. The highest BCUT2D eigenvalue weighted by molar-refractivity contribution is 5.47. The van der Waals surface area contributed by atoms with Gasteiger partial charge in [-0.2, -0.15) is 4.98 Å². The van der Waals surface area contributed by atoms with Gasteiger partial charge in [0, 0.05) is 6.07 Å². The number of anilines is 1. The molecule has 1 aliphatic carbocycles. The second-order valence-electron chi connectivity index (χ2n) is 4.20. The number of nitrogen functional groups attached to an aromatic ring is 1. The summed E-state index contributed by atoms with van der Waals surface area (Å²) in [5.74, 6) is 0.281. The number of rotatable bonds is 3. The van der Waals surface area contributed by atoms with E-state index in [1.807, 2.05) is 0 Å². The van der Waals surface area contributed by atoms with Crippen LogP contribution in [0.4, 0.5) is 11.5 Å². The Hall–Kier alpha value is -1.85. The summed E-state index contributed by atoms with van der Waals surface area (Å²) in [6.07, 6.45) is 5.27. The Morgan fingerprint density at radius 1 is 1.35 bits per heavy atom. The number of hydrogen-bond acceptors (Lipinski definition) is 5. The summed E-state index contributed by atoms with van der Waals surface area (Å²) in [6.45, 7) is 0. The van der Waals surface area contributed by atoms with Crippen molar-refractivity contribution in [2.75, 3.05) is 5.73 Å². The number of ether oxygens (including phenoxy) is 1. The molecule has 0 bridgehead atoms. The van der Waals surface area contributed by atoms with Crippen LogP contribution in [0.3, 0.4) is 0 Å². The fourth-order valence-corrected chi connectivity index (χ4v) is 2.01. The predicted molar refractivity (Wildman–Crippen MR) is 62.8 cm³/mol. The molecule has 0 spiro atoms. The summed E-state index contributed by atoms with van der Waals surface area (Å²) < 4.78 is 5.60. The lowest BCUT2D eigenvalue weighted by Crippen LogP contribution is -2.20. The average Bonchev–Trinajstić information content (AvgIpc) is 2.30. The van der Waals surface area contributed by atoms with Crippen LogP contribution < -0.4 is 10.5 Å². The van der Waals surface area contributed by atoms with Crippen LogP contribution >= 0.6 is 0 Å². The zero-order valence-corrected chi connectivity index (χ0v) is 9.46. The third-order valence-electron chi connectivity index (χ3n) is 2.89. The number of nitrogens with two attached hydrogens (primary N) is 1. The Balaban J connectivity index is 2.17. The van der Waals surface area contributed by atoms with Crippen molar-refractivity contribution >= 4 is 11.5 Å². The van der Waals surface area contributed by atoms with E-state index < -0.39 is 4.92 Å². The molecule has 0 unspecified atom stereocenters. The summed E-state index contributed by atoms with van der Waals surface area (Å²) in [4.78, 5) is 14.2. The molecule has 1 fully saturated rings. The van der Waals surface area contributed by atoms with Crippen LogP contribution in [-0.4, -0.2) is 16.0 Å². The minimum Gasteiger partial charge on any atom is -0.469 e. The predicted octanol–water partition coefficient (Wildman–Crippen LogP) is 2.28. The van der Waals surface area contributed by atoms with Gasteiger partial charge in [-0.3, -0.25) is 10.1 Å². The molecule has 0 saturated heterocycles. The molecular weight excluding hydrogens is 222 g/mol. The molecule has 0 aliphatic heterocycles. The van der Waals surface area contributed by atoms with Gasteiger partial charge in [0.15, 0.2) is 0 Å². The van der Waals surface area contributed by atoms with E-state index >= 15 is 0 Å². The molecule has 0 atom stereocenters. The van der Waals surface area contributed by atoms with Gasteiger partial charge in [-0.25, -0.2) is 0 Å². The molecule has 92 valence electrons. The van der Waals surface area contributed by atoms with Crippen LogP contribution in [0.5, 0.6) is 5.88 Å². The highest BCUT2D eigenvalue weighted by Gasteiger charge is 2.22. The van der Waals surface area contributed by atoms with Gasteiger partial charge in [-0.1, -0.05) is 6.42 Å². The van der Waals surface area contributed by atoms with Crippen LogP contribution in [0.25, 0.3) is 0 Å². The minimum atomic E-state index is -0.495. The lowest BCUT2D eigenvalue weighted by atomic mass is 9.98. The van der Waals surface area contributed by atoms with Crippen molar-refractivity contribution < 1.29 is 9.66 Å². The van der Waals surface area contributed by atoms with Crippen molar-refractivity contribution in [3.8, 4) is 5.88 Å². The van der Waals surface area contributed by atoms with Gasteiger partial charge in [0.25, 0.3) is 5.88 Å². The van der Waals surface area contributed by atoms with E-state index in [0.717, 1.165) is 25.7 Å². The molecule has 2 N–H and O–H groups in total. The van der Waals surface area contributed by atoms with Gasteiger partial charge in [-0.15, -0.1) is 0 Å². The number of nitrogens with zero attached hydrogens (tertiary/aromatic N) is 2. The smallest absolute Gasteiger partial charge is 0.331 e. The van der Waals surface area contributed by atoms with Gasteiger partial charge in [0.1, 0.15) is 11.9 Å². The SMILES string of the molecule is Nc1ccc([N+](=O)[O-])c(OC2CCCCC2)n1. The first kappa shape index (κ1) is 11.6. The van der Waals surface area contributed by atoms with Gasteiger partial charge >= 0.3 is 5.69 Å². The quantitative estimate of drug-likeness (QED) is 0.643. The van der Waals surface area contributed by atoms with Crippen molar-refractivity contribution in [3.05, 3.63) is 22.2 Å². The Morgan fingerprint density at radius 2 is 2.06 bits per heavy atom. The lowest BCUT2D eigenvalue weighted by molar-refractivity contribution is -0.386. The van der Waals surface area contributed by atoms with Crippen molar-refractivity contribution in [2.24, 2.45) is 0 Å². The normalized spacial score (nSPS) is 16.7. The highest BCUT2D eigenvalue weighted by atomic mass is 16.6. The number of hydrogen-bond donors (Lipinski definition) is 1. The van der Waals surface area contributed by atoms with E-state index in [1.165, 1.54) is 18.6 Å². The standard InChI is InChI=1S/C11H15N3O3/c12-10-7-6-9(14(15)16)11(13-10)17-8-4-2-1-3-5-8/h6-8H,1-5H2,(H2,12,13). The summed E-state index contributed by atoms with van der Waals surface area (Å²) in [5, 5.41) is 10.8. The second-order valence-corrected chi connectivity index (χ2v) is 4.20. The molecule has 1 saturated carbocycles. The highest BCUT2D eigenvalue weighted by Crippen LogP contribution is 2.29. The first-order valence-electron chi connectivity index (χ1n) is 5.74. The van der Waals surface area contributed by atoms with Crippen LogP contribution in [0, 0.1) is 10.1 Å². The molecular formula is C11H15N3O3. The zero-order valence-electron chi connectivity index (χ0n) is 9.46. The van der Waals surface area contributed by atoms with Crippen molar-refractivity contribution in [1.82, 2.24) is 4.98 Å². The summed E-state index contributed by atoms with van der Waals surface area (Å²) >= 11 is 0. The zero-order chi connectivity index (χ0) is 12.3. The van der Waals surface area contributed by atoms with E-state index in [2.05, 4.69) is 4.98 Å². The van der Waals surface area contributed by atoms with E-state index in [1.54, 1.807) is 0 Å². The van der Waals surface area contributed by atoms with Gasteiger partial charge in [0.2, 0.25) is 0 Å². The Labute approximate surface area is 98.9 Å². The molecule has 1 aromatic rings. The molecule has 6 nitrogen and oxygen atoms in total. The number of aromatic nitrogens is 1. The molecule has 2 rings (SSSR count). The van der Waals surface area contributed by atoms with E-state index in [9.17, 15) is 10.1 Å². The van der Waals surface area contributed by atoms with Crippen LogP contribution in [0.15, 0.2) is 12.1 Å². The maximum Gasteiger partial charge on any atom is 0.331 e. The Bertz CT molecular complexity index is 416. The Morgan fingerprint density at radius 3 is 2.71 bits per heavy atom. The van der Waals surface area contributed by atoms with Crippen molar-refractivity contribution in [2.45, 2.75) is 38.2 Å². The third-order valence-corrected chi connectivity index (χ3v) is 2.89. The average molecular weight is 237 g/mol. The summed E-state index contributed by atoms with van der Waals surface area (Å²) in [6, 6.07) is 2.74. The molecule has 0 amide bonds. The number of pyridine rings is 1. The molecule has 1 aromatic heterocycles. The van der Waals surface area contributed by atoms with Crippen LogP contribution in [0.2, 0.25) is 0 Å². The van der Waals surface area contributed by atoms with Crippen molar-refractivity contribution in [1.29, 1.82) is 0 Å². The molecule has 0 aromatic carbocycles. The maximum absolute atomic E-state index is 10.8. The topological polar surface area (TPSA) is 91.3 Å². The van der Waals surface area contributed by atoms with E-state index in [0.29, 0.717) is 0 Å². The summed E-state index contributed by atoms with van der Waals surface area (Å²) in [5.41, 5.74) is 5.40. The summed E-state index contributed by atoms with van der Waals surface area (Å²) in [7, 11) is 0.